The van der Waals surface area contributed by atoms with E-state index in [4.69, 9.17) is 14.2 Å². The summed E-state index contributed by atoms with van der Waals surface area (Å²) in [6, 6.07) is 13.6. The third kappa shape index (κ3) is 8.99. The molecule has 0 aliphatic rings. The zero-order valence-electron chi connectivity index (χ0n) is 17.4. The van der Waals surface area contributed by atoms with Crippen LogP contribution in [0, 0.1) is 0 Å². The Bertz CT molecular complexity index is 912. The lowest BCUT2D eigenvalue weighted by atomic mass is 10.2. The van der Waals surface area contributed by atoms with Crippen LogP contribution in [0.4, 0.5) is 5.69 Å². The summed E-state index contributed by atoms with van der Waals surface area (Å²) in [6.07, 6.45) is 1.02. The van der Waals surface area contributed by atoms with E-state index < -0.39 is 17.8 Å². The van der Waals surface area contributed by atoms with Gasteiger partial charge in [-0.3, -0.25) is 9.59 Å². The summed E-state index contributed by atoms with van der Waals surface area (Å²) in [5, 5.41) is 6.46. The van der Waals surface area contributed by atoms with Gasteiger partial charge in [-0.2, -0.15) is 5.10 Å². The number of hydrazone groups is 1. The Labute approximate surface area is 180 Å². The standard InChI is InChI=1S/C22H25N3O6/c1-3-29-18-10-8-17(9-11-18)24-20(26)13-21(27)25-23-14-16-6-5-7-19(12-16)31-15-22(28)30-4-2/h5-12,14H,3-4,13,15H2,1-2H3,(H,24,26)(H,25,27). The summed E-state index contributed by atoms with van der Waals surface area (Å²) in [6.45, 7) is 4.24. The summed E-state index contributed by atoms with van der Waals surface area (Å²) < 4.78 is 15.5. The van der Waals surface area contributed by atoms with E-state index in [1.54, 1.807) is 55.5 Å². The third-order valence-electron chi connectivity index (χ3n) is 3.69. The van der Waals surface area contributed by atoms with Crippen LogP contribution in [-0.4, -0.2) is 43.8 Å². The lowest BCUT2D eigenvalue weighted by Crippen LogP contribution is -2.24. The molecule has 2 N–H and O–H groups in total. The minimum absolute atomic E-state index is 0.200. The van der Waals surface area contributed by atoms with Gasteiger partial charge in [0.1, 0.15) is 17.9 Å². The van der Waals surface area contributed by atoms with Gasteiger partial charge in [0.25, 0.3) is 0 Å². The number of anilines is 1. The first-order chi connectivity index (χ1) is 15.0. The Balaban J connectivity index is 1.77. The fourth-order valence-corrected chi connectivity index (χ4v) is 2.40. The second kappa shape index (κ2) is 12.6. The average Bonchev–Trinajstić information content (AvgIpc) is 2.74. The topological polar surface area (TPSA) is 115 Å². The summed E-state index contributed by atoms with van der Waals surface area (Å²) in [4.78, 5) is 35.2. The second-order valence-electron chi connectivity index (χ2n) is 6.14. The Morgan fingerprint density at radius 3 is 2.42 bits per heavy atom. The maximum Gasteiger partial charge on any atom is 0.344 e. The molecule has 0 spiro atoms. The Kier molecular flexibility index (Phi) is 9.54. The van der Waals surface area contributed by atoms with Crippen molar-refractivity contribution in [2.45, 2.75) is 20.3 Å². The smallest absolute Gasteiger partial charge is 0.344 e. The fraction of sp³-hybridized carbons (Fsp3) is 0.273. The minimum Gasteiger partial charge on any atom is -0.494 e. The van der Waals surface area contributed by atoms with Crippen molar-refractivity contribution in [3.05, 3.63) is 54.1 Å². The quantitative estimate of drug-likeness (QED) is 0.246. The summed E-state index contributed by atoms with van der Waals surface area (Å²) in [5.41, 5.74) is 3.49. The third-order valence-corrected chi connectivity index (χ3v) is 3.69. The number of amides is 2. The molecule has 0 aliphatic heterocycles. The number of benzene rings is 2. The van der Waals surface area contributed by atoms with E-state index in [9.17, 15) is 14.4 Å². The van der Waals surface area contributed by atoms with Crippen molar-refractivity contribution in [2.75, 3.05) is 25.1 Å². The van der Waals surface area contributed by atoms with E-state index in [1.807, 2.05) is 6.92 Å². The van der Waals surface area contributed by atoms with Gasteiger partial charge in [-0.1, -0.05) is 12.1 Å². The molecule has 2 aromatic rings. The minimum atomic E-state index is -0.561. The maximum atomic E-state index is 12.0. The van der Waals surface area contributed by atoms with E-state index in [2.05, 4.69) is 15.8 Å². The van der Waals surface area contributed by atoms with Crippen LogP contribution < -0.4 is 20.2 Å². The molecule has 2 aromatic carbocycles. The Morgan fingerprint density at radius 2 is 1.71 bits per heavy atom. The molecule has 0 unspecified atom stereocenters. The summed E-state index contributed by atoms with van der Waals surface area (Å²) >= 11 is 0. The van der Waals surface area contributed by atoms with Crippen LogP contribution in [0.15, 0.2) is 53.6 Å². The first-order valence-electron chi connectivity index (χ1n) is 9.73. The summed E-state index contributed by atoms with van der Waals surface area (Å²) in [7, 11) is 0. The molecule has 0 saturated carbocycles. The zero-order chi connectivity index (χ0) is 22.5. The van der Waals surface area contributed by atoms with Crippen LogP contribution in [0.3, 0.4) is 0 Å². The highest BCUT2D eigenvalue weighted by atomic mass is 16.6. The van der Waals surface area contributed by atoms with E-state index in [-0.39, 0.29) is 19.6 Å². The molecule has 31 heavy (non-hydrogen) atoms. The molecule has 0 atom stereocenters. The second-order valence-corrected chi connectivity index (χ2v) is 6.14. The van der Waals surface area contributed by atoms with E-state index in [0.29, 0.717) is 29.4 Å². The molecule has 0 fully saturated rings. The van der Waals surface area contributed by atoms with Crippen LogP contribution in [0.2, 0.25) is 0 Å². The van der Waals surface area contributed by atoms with Crippen molar-refractivity contribution in [1.82, 2.24) is 5.43 Å². The lowest BCUT2D eigenvalue weighted by Gasteiger charge is -2.07. The molecular formula is C22H25N3O6. The fourth-order valence-electron chi connectivity index (χ4n) is 2.40. The Morgan fingerprint density at radius 1 is 0.935 bits per heavy atom. The average molecular weight is 427 g/mol. The monoisotopic (exact) mass is 427 g/mol. The van der Waals surface area contributed by atoms with Gasteiger partial charge in [-0.25, -0.2) is 10.2 Å². The number of nitrogens with one attached hydrogen (secondary N) is 2. The highest BCUT2D eigenvalue weighted by Crippen LogP contribution is 2.15. The van der Waals surface area contributed by atoms with Gasteiger partial charge < -0.3 is 19.5 Å². The predicted octanol–water partition coefficient (Wildman–Crippen LogP) is 2.51. The van der Waals surface area contributed by atoms with Crippen LogP contribution in [0.25, 0.3) is 0 Å². The molecule has 0 heterocycles. The van der Waals surface area contributed by atoms with Gasteiger partial charge in [0.05, 0.1) is 19.4 Å². The van der Waals surface area contributed by atoms with Crippen LogP contribution in [0.5, 0.6) is 11.5 Å². The number of nitrogens with zero attached hydrogens (tertiary/aromatic N) is 1. The molecule has 9 nitrogen and oxygen atoms in total. The van der Waals surface area contributed by atoms with Crippen LogP contribution in [-0.2, 0) is 19.1 Å². The van der Waals surface area contributed by atoms with Crippen molar-refractivity contribution < 1.29 is 28.6 Å². The van der Waals surface area contributed by atoms with Gasteiger partial charge in [0.2, 0.25) is 11.8 Å². The predicted molar refractivity (Wildman–Crippen MR) is 115 cm³/mol. The molecule has 0 saturated heterocycles. The molecular weight excluding hydrogens is 402 g/mol. The van der Waals surface area contributed by atoms with Crippen molar-refractivity contribution in [1.29, 1.82) is 0 Å². The van der Waals surface area contributed by atoms with Crippen LogP contribution in [0.1, 0.15) is 25.8 Å². The molecule has 0 bridgehead atoms. The highest BCUT2D eigenvalue weighted by Gasteiger charge is 2.09. The lowest BCUT2D eigenvalue weighted by molar-refractivity contribution is -0.145. The summed E-state index contributed by atoms with van der Waals surface area (Å²) in [5.74, 6) is -0.334. The van der Waals surface area contributed by atoms with Crippen molar-refractivity contribution in [3.63, 3.8) is 0 Å². The Hall–Kier alpha value is -3.88. The number of esters is 1. The number of carbonyl (C=O) groups is 3. The first kappa shape index (κ1) is 23.4. The molecule has 2 amide bonds. The largest absolute Gasteiger partial charge is 0.494 e. The van der Waals surface area contributed by atoms with E-state index in [1.165, 1.54) is 6.21 Å². The van der Waals surface area contributed by atoms with Crippen molar-refractivity contribution in [2.24, 2.45) is 5.10 Å². The first-order valence-corrected chi connectivity index (χ1v) is 9.73. The van der Waals surface area contributed by atoms with Gasteiger partial charge in [0, 0.05) is 5.69 Å². The van der Waals surface area contributed by atoms with E-state index >= 15 is 0 Å². The molecule has 0 aliphatic carbocycles. The highest BCUT2D eigenvalue weighted by molar-refractivity contribution is 6.03. The molecule has 0 radical (unpaired) electrons. The molecule has 9 heteroatoms. The molecule has 164 valence electrons. The number of rotatable bonds is 11. The van der Waals surface area contributed by atoms with E-state index in [0.717, 1.165) is 0 Å². The number of ether oxygens (including phenoxy) is 3. The van der Waals surface area contributed by atoms with Crippen molar-refractivity contribution in [3.8, 4) is 11.5 Å². The maximum absolute atomic E-state index is 12.0. The SMILES string of the molecule is CCOC(=O)COc1cccc(C=NNC(=O)CC(=O)Nc2ccc(OCC)cc2)c1. The molecule has 2 rings (SSSR count). The van der Waals surface area contributed by atoms with Gasteiger partial charge >= 0.3 is 5.97 Å². The normalized spacial score (nSPS) is 10.4. The van der Waals surface area contributed by atoms with Crippen LogP contribution >= 0.6 is 0 Å². The number of hydrogen-bond acceptors (Lipinski definition) is 7. The zero-order valence-corrected chi connectivity index (χ0v) is 17.4. The number of carbonyl (C=O) groups excluding carboxylic acids is 3. The molecule has 0 aromatic heterocycles. The van der Waals surface area contributed by atoms with Crippen molar-refractivity contribution >= 4 is 29.7 Å². The number of hydrogen-bond donors (Lipinski definition) is 2. The van der Waals surface area contributed by atoms with Gasteiger partial charge in [0.15, 0.2) is 6.61 Å². The van der Waals surface area contributed by atoms with Gasteiger partial charge in [-0.15, -0.1) is 0 Å². The van der Waals surface area contributed by atoms with Gasteiger partial charge in [-0.05, 0) is 55.8 Å².